The largest absolute Gasteiger partial charge is 0.115 e. The van der Waals surface area contributed by atoms with Crippen molar-refractivity contribution in [2.45, 2.75) is 12.8 Å². The van der Waals surface area contributed by atoms with E-state index in [-0.39, 0.29) is 0 Å². The van der Waals surface area contributed by atoms with Crippen molar-refractivity contribution in [3.8, 4) is 12.3 Å². The van der Waals surface area contributed by atoms with E-state index in [0.717, 1.165) is 24.0 Å². The van der Waals surface area contributed by atoms with Crippen LogP contribution in [0.2, 0.25) is 0 Å². The molecule has 0 nitrogen and oxygen atoms in total. The van der Waals surface area contributed by atoms with E-state index in [0.29, 0.717) is 0 Å². The van der Waals surface area contributed by atoms with Crippen LogP contribution in [0.4, 0.5) is 0 Å². The minimum atomic E-state index is 1.02. The predicted octanol–water partition coefficient (Wildman–Crippen LogP) is 3.21. The third kappa shape index (κ3) is 1.38. The maximum atomic E-state index is 5.31. The van der Waals surface area contributed by atoms with Gasteiger partial charge in [0, 0.05) is 0 Å². The molecule has 1 aromatic carbocycles. The van der Waals surface area contributed by atoms with Gasteiger partial charge in [-0.3, -0.25) is 0 Å². The van der Waals surface area contributed by atoms with Crippen molar-refractivity contribution < 1.29 is 0 Å². The molecule has 0 spiro atoms. The van der Waals surface area contributed by atoms with Gasteiger partial charge in [-0.15, -0.1) is 6.42 Å². The zero-order valence-corrected chi connectivity index (χ0v) is 8.09. The first kappa shape index (κ1) is 8.84. The van der Waals surface area contributed by atoms with Crippen LogP contribution in [0, 0.1) is 12.3 Å². The Morgan fingerprint density at radius 1 is 1.29 bits per heavy atom. The fraction of sp³-hybridized carbons (Fsp3) is 0.143. The zero-order chi connectivity index (χ0) is 9.97. The Morgan fingerprint density at radius 2 is 2.07 bits per heavy atom. The van der Waals surface area contributed by atoms with Crippen LogP contribution in [0.15, 0.2) is 42.5 Å². The van der Waals surface area contributed by atoms with Crippen LogP contribution in [0.1, 0.15) is 17.5 Å². The molecule has 2 rings (SSSR count). The number of benzene rings is 1. The fourth-order valence-electron chi connectivity index (χ4n) is 1.87. The molecule has 0 aromatic heterocycles. The van der Waals surface area contributed by atoms with Crippen molar-refractivity contribution in [2.24, 2.45) is 0 Å². The minimum Gasteiger partial charge on any atom is -0.115 e. The minimum absolute atomic E-state index is 1.02. The molecule has 0 heteroatoms. The summed E-state index contributed by atoms with van der Waals surface area (Å²) in [4.78, 5) is 0. The molecule has 0 amide bonds. The van der Waals surface area contributed by atoms with E-state index >= 15 is 0 Å². The van der Waals surface area contributed by atoms with Crippen LogP contribution < -0.4 is 0 Å². The molecule has 0 heterocycles. The van der Waals surface area contributed by atoms with Gasteiger partial charge in [-0.2, -0.15) is 0 Å². The van der Waals surface area contributed by atoms with E-state index in [4.69, 9.17) is 6.42 Å². The molecule has 1 aliphatic carbocycles. The van der Waals surface area contributed by atoms with Gasteiger partial charge in [0.2, 0.25) is 0 Å². The highest BCUT2D eigenvalue weighted by Crippen LogP contribution is 2.33. The highest BCUT2D eigenvalue weighted by atomic mass is 14.2. The van der Waals surface area contributed by atoms with Gasteiger partial charge < -0.3 is 0 Å². The Kier molecular flexibility index (Phi) is 2.24. The molecule has 0 aliphatic heterocycles. The van der Waals surface area contributed by atoms with Crippen molar-refractivity contribution >= 4 is 5.57 Å². The topological polar surface area (TPSA) is 0 Å². The Labute approximate surface area is 85.0 Å². The lowest BCUT2D eigenvalue weighted by Gasteiger charge is -2.20. The SMILES string of the molecule is C#C/C=C1\C(=C)CCc2ccccc21. The number of fused-ring (bicyclic) bond motifs is 1. The summed E-state index contributed by atoms with van der Waals surface area (Å²) < 4.78 is 0. The van der Waals surface area contributed by atoms with Crippen LogP contribution >= 0.6 is 0 Å². The quantitative estimate of drug-likeness (QED) is 0.538. The lowest BCUT2D eigenvalue weighted by Crippen LogP contribution is -2.03. The molecule has 0 bridgehead atoms. The van der Waals surface area contributed by atoms with E-state index in [2.05, 4.69) is 30.7 Å². The summed E-state index contributed by atoms with van der Waals surface area (Å²) in [6, 6.07) is 8.39. The number of allylic oxidation sites excluding steroid dienone is 3. The molecular formula is C14H12. The van der Waals surface area contributed by atoms with Gasteiger partial charge in [-0.25, -0.2) is 0 Å². The summed E-state index contributed by atoms with van der Waals surface area (Å²) in [7, 11) is 0. The second kappa shape index (κ2) is 3.55. The Bertz CT molecular complexity index is 441. The number of hydrogen-bond acceptors (Lipinski definition) is 0. The maximum Gasteiger partial charge on any atom is -0.00403 e. The molecule has 0 atom stereocenters. The molecule has 1 aromatic rings. The van der Waals surface area contributed by atoms with Gasteiger partial charge in [-0.1, -0.05) is 36.8 Å². The molecule has 68 valence electrons. The van der Waals surface area contributed by atoms with Crippen molar-refractivity contribution in [3.63, 3.8) is 0 Å². The molecule has 14 heavy (non-hydrogen) atoms. The summed E-state index contributed by atoms with van der Waals surface area (Å²) in [6.45, 7) is 4.05. The van der Waals surface area contributed by atoms with Crippen LogP contribution in [0.3, 0.4) is 0 Å². The Balaban J connectivity index is 2.59. The highest BCUT2D eigenvalue weighted by Gasteiger charge is 2.15. The smallest absolute Gasteiger partial charge is 0.00403 e. The molecule has 0 N–H and O–H groups in total. The van der Waals surface area contributed by atoms with E-state index in [1.165, 1.54) is 11.1 Å². The fourth-order valence-corrected chi connectivity index (χ4v) is 1.87. The van der Waals surface area contributed by atoms with Gasteiger partial charge in [0.25, 0.3) is 0 Å². The van der Waals surface area contributed by atoms with Gasteiger partial charge >= 0.3 is 0 Å². The highest BCUT2D eigenvalue weighted by molar-refractivity contribution is 5.83. The van der Waals surface area contributed by atoms with Gasteiger partial charge in [0.05, 0.1) is 0 Å². The Morgan fingerprint density at radius 3 is 2.86 bits per heavy atom. The lowest BCUT2D eigenvalue weighted by molar-refractivity contribution is 0.943. The number of hydrogen-bond donors (Lipinski definition) is 0. The van der Waals surface area contributed by atoms with Crippen LogP contribution in [0.25, 0.3) is 5.57 Å². The summed E-state index contributed by atoms with van der Waals surface area (Å²) in [5.74, 6) is 2.59. The molecule has 0 fully saturated rings. The average molecular weight is 180 g/mol. The van der Waals surface area contributed by atoms with Crippen molar-refractivity contribution in [1.82, 2.24) is 0 Å². The first-order valence-electron chi connectivity index (χ1n) is 4.75. The third-order valence-corrected chi connectivity index (χ3v) is 2.61. The summed E-state index contributed by atoms with van der Waals surface area (Å²) in [5, 5.41) is 0. The van der Waals surface area contributed by atoms with Crippen molar-refractivity contribution in [1.29, 1.82) is 0 Å². The van der Waals surface area contributed by atoms with Crippen LogP contribution in [-0.4, -0.2) is 0 Å². The van der Waals surface area contributed by atoms with Crippen LogP contribution in [-0.2, 0) is 6.42 Å². The average Bonchev–Trinajstić information content (AvgIpc) is 2.23. The number of rotatable bonds is 0. The summed E-state index contributed by atoms with van der Waals surface area (Å²) in [6.07, 6.45) is 9.23. The van der Waals surface area contributed by atoms with Gasteiger partial charge in [0.1, 0.15) is 0 Å². The Hall–Kier alpha value is -1.74. The number of aryl methyl sites for hydroxylation is 1. The molecule has 0 saturated carbocycles. The van der Waals surface area contributed by atoms with E-state index in [9.17, 15) is 0 Å². The van der Waals surface area contributed by atoms with Gasteiger partial charge in [-0.05, 0) is 41.2 Å². The molecule has 1 aliphatic rings. The maximum absolute atomic E-state index is 5.31. The standard InChI is InChI=1S/C14H12/c1-3-6-13-11(2)9-10-12-7-4-5-8-14(12)13/h1,4-8H,2,9-10H2/b13-6+. The monoisotopic (exact) mass is 180 g/mol. The molecule has 0 saturated heterocycles. The lowest BCUT2D eigenvalue weighted by atomic mass is 9.84. The van der Waals surface area contributed by atoms with Gasteiger partial charge in [0.15, 0.2) is 0 Å². The molecule has 0 radical (unpaired) electrons. The van der Waals surface area contributed by atoms with E-state index in [1.54, 1.807) is 0 Å². The molecule has 0 unspecified atom stereocenters. The first-order chi connectivity index (χ1) is 6.83. The summed E-state index contributed by atoms with van der Waals surface area (Å²) >= 11 is 0. The predicted molar refractivity (Wildman–Crippen MR) is 60.7 cm³/mol. The first-order valence-corrected chi connectivity index (χ1v) is 4.75. The van der Waals surface area contributed by atoms with Crippen LogP contribution in [0.5, 0.6) is 0 Å². The number of terminal acetylenes is 1. The second-order valence-electron chi connectivity index (χ2n) is 3.49. The zero-order valence-electron chi connectivity index (χ0n) is 8.09. The van der Waals surface area contributed by atoms with Crippen molar-refractivity contribution in [2.75, 3.05) is 0 Å². The third-order valence-electron chi connectivity index (χ3n) is 2.61. The second-order valence-corrected chi connectivity index (χ2v) is 3.49. The van der Waals surface area contributed by atoms with E-state index < -0.39 is 0 Å². The van der Waals surface area contributed by atoms with Crippen molar-refractivity contribution in [3.05, 3.63) is 53.6 Å². The normalized spacial score (nSPS) is 17.6. The van der Waals surface area contributed by atoms with E-state index in [1.807, 2.05) is 12.1 Å². The summed E-state index contributed by atoms with van der Waals surface area (Å²) in [5.41, 5.74) is 4.92. The molecular weight excluding hydrogens is 168 g/mol.